The number of carbonyl (C=O) groups excluding carboxylic acids is 1. The van der Waals surface area contributed by atoms with E-state index in [-0.39, 0.29) is 5.69 Å². The van der Waals surface area contributed by atoms with Crippen LogP contribution in [0.15, 0.2) is 48.5 Å². The number of hydrogen-bond acceptors (Lipinski definition) is 1. The van der Waals surface area contributed by atoms with Crippen molar-refractivity contribution in [2.45, 2.75) is 0 Å². The van der Waals surface area contributed by atoms with Gasteiger partial charge in [-0.1, -0.05) is 41.4 Å². The fourth-order valence-corrected chi connectivity index (χ4v) is 2.01. The number of anilines is 1. The predicted molar refractivity (Wildman–Crippen MR) is 80.5 cm³/mol. The van der Waals surface area contributed by atoms with E-state index in [4.69, 9.17) is 23.2 Å². The van der Waals surface area contributed by atoms with Gasteiger partial charge in [0.1, 0.15) is 5.82 Å². The van der Waals surface area contributed by atoms with E-state index in [1.165, 1.54) is 24.3 Å². The molecule has 0 heterocycles. The molecular weight excluding hydrogens is 300 g/mol. The fraction of sp³-hybridized carbons (Fsp3) is 0. The lowest BCUT2D eigenvalue weighted by atomic mass is 10.2. The zero-order chi connectivity index (χ0) is 14.5. The minimum atomic E-state index is -0.487. The van der Waals surface area contributed by atoms with Gasteiger partial charge in [-0.15, -0.1) is 0 Å². The van der Waals surface area contributed by atoms with Crippen molar-refractivity contribution < 1.29 is 9.18 Å². The van der Waals surface area contributed by atoms with Gasteiger partial charge in [0, 0.05) is 16.1 Å². The summed E-state index contributed by atoms with van der Waals surface area (Å²) in [6.07, 6.45) is 2.82. The van der Waals surface area contributed by atoms with E-state index in [0.717, 1.165) is 0 Å². The molecule has 5 heteroatoms. The van der Waals surface area contributed by atoms with Gasteiger partial charge in [-0.25, -0.2) is 4.39 Å². The summed E-state index contributed by atoms with van der Waals surface area (Å²) < 4.78 is 13.3. The Labute approximate surface area is 125 Å². The van der Waals surface area contributed by atoms with Gasteiger partial charge in [-0.2, -0.15) is 0 Å². The van der Waals surface area contributed by atoms with Crippen LogP contribution in [0.4, 0.5) is 10.1 Å². The molecule has 2 aromatic rings. The summed E-state index contributed by atoms with van der Waals surface area (Å²) in [4.78, 5) is 11.7. The SMILES string of the molecule is O=C(/C=C\c1ccc(Cl)cc1Cl)Nc1ccccc1F. The van der Waals surface area contributed by atoms with Crippen molar-refractivity contribution in [3.63, 3.8) is 0 Å². The second-order valence-corrected chi connectivity index (χ2v) is 4.81. The Morgan fingerprint density at radius 1 is 1.15 bits per heavy atom. The van der Waals surface area contributed by atoms with Crippen LogP contribution in [0.3, 0.4) is 0 Å². The van der Waals surface area contributed by atoms with Gasteiger partial charge in [-0.05, 0) is 35.9 Å². The Morgan fingerprint density at radius 2 is 1.90 bits per heavy atom. The summed E-state index contributed by atoms with van der Waals surface area (Å²) in [5.41, 5.74) is 0.782. The van der Waals surface area contributed by atoms with Crippen LogP contribution in [-0.2, 0) is 4.79 Å². The highest BCUT2D eigenvalue weighted by Gasteiger charge is 2.03. The molecule has 0 saturated carbocycles. The van der Waals surface area contributed by atoms with Gasteiger partial charge in [0.2, 0.25) is 5.91 Å². The normalized spacial score (nSPS) is 10.8. The van der Waals surface area contributed by atoms with Crippen molar-refractivity contribution in [1.82, 2.24) is 0 Å². The molecule has 0 aliphatic heterocycles. The summed E-state index contributed by atoms with van der Waals surface area (Å²) in [6.45, 7) is 0. The van der Waals surface area contributed by atoms with E-state index in [1.54, 1.807) is 30.3 Å². The Balaban J connectivity index is 2.08. The number of para-hydroxylation sites is 1. The molecule has 0 bridgehead atoms. The number of benzene rings is 2. The number of amides is 1. The molecular formula is C15H10Cl2FNO. The summed E-state index contributed by atoms with van der Waals surface area (Å²) in [5.74, 6) is -0.931. The standard InChI is InChI=1S/C15H10Cl2FNO/c16-11-7-5-10(12(17)9-11)6-8-15(20)19-14-4-2-1-3-13(14)18/h1-9H,(H,19,20)/b8-6-. The highest BCUT2D eigenvalue weighted by molar-refractivity contribution is 6.35. The lowest BCUT2D eigenvalue weighted by Gasteiger charge is -2.03. The topological polar surface area (TPSA) is 29.1 Å². The lowest BCUT2D eigenvalue weighted by molar-refractivity contribution is -0.111. The third-order valence-electron chi connectivity index (χ3n) is 2.51. The van der Waals surface area contributed by atoms with E-state index in [2.05, 4.69) is 5.32 Å². The van der Waals surface area contributed by atoms with Crippen molar-refractivity contribution in [2.75, 3.05) is 5.32 Å². The first-order valence-electron chi connectivity index (χ1n) is 5.75. The van der Waals surface area contributed by atoms with Crippen LogP contribution in [0.2, 0.25) is 10.0 Å². The van der Waals surface area contributed by atoms with Gasteiger partial charge >= 0.3 is 0 Å². The number of carbonyl (C=O) groups is 1. The molecule has 0 aliphatic rings. The molecule has 20 heavy (non-hydrogen) atoms. The minimum Gasteiger partial charge on any atom is -0.320 e. The first-order valence-corrected chi connectivity index (χ1v) is 6.50. The van der Waals surface area contributed by atoms with Gasteiger partial charge in [0.25, 0.3) is 0 Å². The average Bonchev–Trinajstić information content (AvgIpc) is 2.40. The second-order valence-electron chi connectivity index (χ2n) is 3.97. The molecule has 0 unspecified atom stereocenters. The summed E-state index contributed by atoms with van der Waals surface area (Å²) in [6, 6.07) is 10.9. The smallest absolute Gasteiger partial charge is 0.248 e. The molecule has 1 amide bonds. The van der Waals surface area contributed by atoms with Gasteiger partial charge < -0.3 is 5.32 Å². The van der Waals surface area contributed by atoms with E-state index in [0.29, 0.717) is 15.6 Å². The van der Waals surface area contributed by atoms with Crippen LogP contribution in [-0.4, -0.2) is 5.91 Å². The van der Waals surface area contributed by atoms with Crippen LogP contribution in [0.1, 0.15) is 5.56 Å². The van der Waals surface area contributed by atoms with E-state index in [9.17, 15) is 9.18 Å². The third-order valence-corrected chi connectivity index (χ3v) is 3.07. The molecule has 0 aliphatic carbocycles. The van der Waals surface area contributed by atoms with Gasteiger partial charge in [-0.3, -0.25) is 4.79 Å². The molecule has 0 radical (unpaired) electrons. The molecule has 0 spiro atoms. The quantitative estimate of drug-likeness (QED) is 0.812. The monoisotopic (exact) mass is 309 g/mol. The Morgan fingerprint density at radius 3 is 2.60 bits per heavy atom. The maximum absolute atomic E-state index is 13.3. The molecule has 0 fully saturated rings. The Kier molecular flexibility index (Phi) is 4.77. The first-order chi connectivity index (χ1) is 9.56. The molecule has 2 nitrogen and oxygen atoms in total. The molecule has 2 rings (SSSR count). The summed E-state index contributed by atoms with van der Waals surface area (Å²) in [7, 11) is 0. The van der Waals surface area contributed by atoms with E-state index < -0.39 is 11.7 Å². The molecule has 0 atom stereocenters. The van der Waals surface area contributed by atoms with Crippen LogP contribution in [0.5, 0.6) is 0 Å². The molecule has 0 aromatic heterocycles. The molecule has 2 aromatic carbocycles. The van der Waals surface area contributed by atoms with Crippen molar-refractivity contribution in [2.24, 2.45) is 0 Å². The Hall–Kier alpha value is -1.84. The van der Waals surface area contributed by atoms with Gasteiger partial charge in [0.05, 0.1) is 5.69 Å². The Bertz CT molecular complexity index is 671. The summed E-state index contributed by atoms with van der Waals surface area (Å²) in [5, 5.41) is 3.40. The fourth-order valence-electron chi connectivity index (χ4n) is 1.54. The zero-order valence-corrected chi connectivity index (χ0v) is 11.8. The number of hydrogen-bond donors (Lipinski definition) is 1. The lowest BCUT2D eigenvalue weighted by Crippen LogP contribution is -2.09. The van der Waals surface area contributed by atoms with Crippen LogP contribution < -0.4 is 5.32 Å². The maximum atomic E-state index is 13.3. The second kappa shape index (κ2) is 6.55. The number of halogens is 3. The van der Waals surface area contributed by atoms with Gasteiger partial charge in [0.15, 0.2) is 0 Å². The van der Waals surface area contributed by atoms with E-state index in [1.807, 2.05) is 0 Å². The predicted octanol–water partition coefficient (Wildman–Crippen LogP) is 4.78. The van der Waals surface area contributed by atoms with E-state index >= 15 is 0 Å². The number of nitrogens with one attached hydrogen (secondary N) is 1. The molecule has 0 saturated heterocycles. The van der Waals surface area contributed by atoms with Crippen LogP contribution in [0, 0.1) is 5.82 Å². The van der Waals surface area contributed by atoms with Crippen molar-refractivity contribution in [3.05, 3.63) is 70.0 Å². The third kappa shape index (κ3) is 3.83. The van der Waals surface area contributed by atoms with Crippen LogP contribution >= 0.6 is 23.2 Å². The maximum Gasteiger partial charge on any atom is 0.248 e. The van der Waals surface area contributed by atoms with Crippen molar-refractivity contribution in [1.29, 1.82) is 0 Å². The average molecular weight is 310 g/mol. The molecule has 102 valence electrons. The summed E-state index contributed by atoms with van der Waals surface area (Å²) >= 11 is 11.7. The van der Waals surface area contributed by atoms with Crippen molar-refractivity contribution >= 4 is 40.9 Å². The zero-order valence-electron chi connectivity index (χ0n) is 10.2. The highest BCUT2D eigenvalue weighted by Crippen LogP contribution is 2.22. The largest absolute Gasteiger partial charge is 0.320 e. The minimum absolute atomic E-state index is 0.129. The van der Waals surface area contributed by atoms with Crippen LogP contribution in [0.25, 0.3) is 6.08 Å². The molecule has 1 N–H and O–H groups in total. The number of rotatable bonds is 3. The highest BCUT2D eigenvalue weighted by atomic mass is 35.5. The first kappa shape index (κ1) is 14.6. The van der Waals surface area contributed by atoms with Crippen molar-refractivity contribution in [3.8, 4) is 0 Å².